The lowest BCUT2D eigenvalue weighted by Gasteiger charge is -2.25. The highest BCUT2D eigenvalue weighted by Crippen LogP contribution is 2.43. The van der Waals surface area contributed by atoms with E-state index in [-0.39, 0.29) is 11.4 Å². The quantitative estimate of drug-likeness (QED) is 0.510. The van der Waals surface area contributed by atoms with Crippen LogP contribution in [-0.4, -0.2) is 51.8 Å². The zero-order chi connectivity index (χ0) is 23.3. The first-order chi connectivity index (χ1) is 16.6. The van der Waals surface area contributed by atoms with Crippen LogP contribution in [0.1, 0.15) is 36.8 Å². The van der Waals surface area contributed by atoms with Gasteiger partial charge in [-0.25, -0.2) is 0 Å². The lowest BCUT2D eigenvalue weighted by molar-refractivity contribution is 0.369. The second-order valence-corrected chi connectivity index (χ2v) is 9.76. The molecule has 34 heavy (non-hydrogen) atoms. The van der Waals surface area contributed by atoms with Gasteiger partial charge >= 0.3 is 0 Å². The van der Waals surface area contributed by atoms with Crippen molar-refractivity contribution in [1.82, 2.24) is 24.9 Å². The monoisotopic (exact) mass is 474 g/mol. The summed E-state index contributed by atoms with van der Waals surface area (Å²) in [4.78, 5) is 11.4. The summed E-state index contributed by atoms with van der Waals surface area (Å²) in [6.07, 6.45) is 5.86. The summed E-state index contributed by atoms with van der Waals surface area (Å²) in [5.41, 5.74) is 2.94. The van der Waals surface area contributed by atoms with E-state index in [0.717, 1.165) is 57.5 Å². The highest BCUT2D eigenvalue weighted by molar-refractivity contribution is 6.36. The van der Waals surface area contributed by atoms with E-state index in [1.807, 2.05) is 6.07 Å². The van der Waals surface area contributed by atoms with Crippen LogP contribution < -0.4 is 20.9 Å². The summed E-state index contributed by atoms with van der Waals surface area (Å²) >= 11 is 6.88. The first kappa shape index (κ1) is 21.0. The number of benzene rings is 1. The molecular weight excluding hydrogens is 452 g/mol. The predicted octanol–water partition coefficient (Wildman–Crippen LogP) is 3.03. The van der Waals surface area contributed by atoms with Gasteiger partial charge in [0.15, 0.2) is 5.65 Å². The van der Waals surface area contributed by atoms with Crippen LogP contribution >= 0.6 is 11.6 Å². The smallest absolute Gasteiger partial charge is 0.232 e. The molecule has 1 atom stereocenters. The van der Waals surface area contributed by atoms with Crippen molar-refractivity contribution >= 4 is 40.5 Å². The number of rotatable bonds is 5. The van der Waals surface area contributed by atoms with Crippen molar-refractivity contribution in [3.63, 3.8) is 0 Å². The van der Waals surface area contributed by atoms with Gasteiger partial charge in [0, 0.05) is 31.1 Å². The molecule has 1 spiro atoms. The number of hydrogen-bond acceptors (Lipinski definition) is 9. The summed E-state index contributed by atoms with van der Waals surface area (Å²) in [5.74, 6) is 0.799. The standard InChI is InChI=1S/C23H23ClN10/c24-19-17(7-14(9-25)8-18(19)33-6-4-23(13-33)3-5-27-12-23)30-21-31-20-15(10-26)11-28-34(20)22(32-21)29-16-1-2-16/h7-8,11,16,27H,1-6,12-13H2,(H2,29,30,31,32). The van der Waals surface area contributed by atoms with E-state index in [2.05, 4.69) is 48.1 Å². The number of nitrogens with one attached hydrogen (secondary N) is 3. The molecule has 0 bridgehead atoms. The van der Waals surface area contributed by atoms with Crippen LogP contribution in [0.5, 0.6) is 0 Å². The van der Waals surface area contributed by atoms with Crippen molar-refractivity contribution in [2.24, 2.45) is 5.41 Å². The molecule has 172 valence electrons. The minimum atomic E-state index is 0.271. The maximum atomic E-state index is 9.69. The Labute approximate surface area is 201 Å². The lowest BCUT2D eigenvalue weighted by atomic mass is 9.86. The van der Waals surface area contributed by atoms with Gasteiger partial charge in [-0.15, -0.1) is 0 Å². The van der Waals surface area contributed by atoms with E-state index in [0.29, 0.717) is 39.5 Å². The molecule has 0 radical (unpaired) electrons. The van der Waals surface area contributed by atoms with E-state index in [1.165, 1.54) is 6.20 Å². The zero-order valence-electron chi connectivity index (χ0n) is 18.5. The fourth-order valence-electron chi connectivity index (χ4n) is 4.92. The average molecular weight is 475 g/mol. The third-order valence-electron chi connectivity index (χ3n) is 6.94. The van der Waals surface area contributed by atoms with Crippen molar-refractivity contribution in [2.45, 2.75) is 31.7 Å². The van der Waals surface area contributed by atoms with Crippen molar-refractivity contribution in [3.8, 4) is 12.1 Å². The van der Waals surface area contributed by atoms with Crippen LogP contribution in [0.2, 0.25) is 5.02 Å². The van der Waals surface area contributed by atoms with Gasteiger partial charge < -0.3 is 20.9 Å². The molecule has 0 amide bonds. The van der Waals surface area contributed by atoms with Crippen molar-refractivity contribution in [1.29, 1.82) is 10.5 Å². The largest absolute Gasteiger partial charge is 0.370 e. The molecule has 3 fully saturated rings. The van der Waals surface area contributed by atoms with Crippen LogP contribution in [0.3, 0.4) is 0 Å². The van der Waals surface area contributed by atoms with Gasteiger partial charge in [0.2, 0.25) is 11.9 Å². The summed E-state index contributed by atoms with van der Waals surface area (Å²) < 4.78 is 1.54. The predicted molar refractivity (Wildman–Crippen MR) is 128 cm³/mol. The number of nitriles is 2. The molecule has 11 heteroatoms. The maximum Gasteiger partial charge on any atom is 0.232 e. The normalized spacial score (nSPS) is 21.7. The molecule has 3 N–H and O–H groups in total. The van der Waals surface area contributed by atoms with Crippen LogP contribution in [0.4, 0.5) is 23.3 Å². The molecule has 1 saturated carbocycles. The highest BCUT2D eigenvalue weighted by Gasteiger charge is 2.41. The molecule has 1 unspecified atom stereocenters. The minimum Gasteiger partial charge on any atom is -0.370 e. The molecule has 3 aliphatic rings. The average Bonchev–Trinajstić information content (AvgIpc) is 3.23. The third kappa shape index (κ3) is 3.65. The third-order valence-corrected chi connectivity index (χ3v) is 7.34. The molecule has 6 rings (SSSR count). The van der Waals surface area contributed by atoms with E-state index < -0.39 is 0 Å². The summed E-state index contributed by atoms with van der Waals surface area (Å²) in [7, 11) is 0. The molecule has 2 saturated heterocycles. The molecule has 1 aliphatic carbocycles. The molecule has 2 aliphatic heterocycles. The Morgan fingerprint density at radius 1 is 1.18 bits per heavy atom. The number of aromatic nitrogens is 4. The second-order valence-electron chi connectivity index (χ2n) is 9.39. The molecule has 1 aromatic carbocycles. The molecule has 2 aromatic heterocycles. The zero-order valence-corrected chi connectivity index (χ0v) is 19.2. The van der Waals surface area contributed by atoms with Gasteiger partial charge in [-0.2, -0.15) is 30.1 Å². The van der Waals surface area contributed by atoms with Crippen molar-refractivity contribution in [3.05, 3.63) is 34.5 Å². The van der Waals surface area contributed by atoms with Crippen LogP contribution in [-0.2, 0) is 0 Å². The van der Waals surface area contributed by atoms with Crippen LogP contribution in [0.25, 0.3) is 5.65 Å². The molecule has 3 aromatic rings. The van der Waals surface area contributed by atoms with E-state index in [1.54, 1.807) is 10.6 Å². The minimum absolute atomic E-state index is 0.271. The summed E-state index contributed by atoms with van der Waals surface area (Å²) in [6, 6.07) is 8.27. The van der Waals surface area contributed by atoms with Crippen LogP contribution in [0.15, 0.2) is 18.3 Å². The number of fused-ring (bicyclic) bond motifs is 1. The van der Waals surface area contributed by atoms with Gasteiger partial charge in [0.25, 0.3) is 0 Å². The second kappa shape index (κ2) is 8.01. The van der Waals surface area contributed by atoms with Gasteiger partial charge in [0.1, 0.15) is 11.6 Å². The summed E-state index contributed by atoms with van der Waals surface area (Å²) in [5, 5.41) is 34.0. The Bertz CT molecular complexity index is 1360. The fraction of sp³-hybridized carbons (Fsp3) is 0.435. The topological polar surface area (TPSA) is 130 Å². The number of halogens is 1. The van der Waals surface area contributed by atoms with Gasteiger partial charge in [-0.3, -0.25) is 0 Å². The first-order valence-corrected chi connectivity index (χ1v) is 11.8. The lowest BCUT2D eigenvalue weighted by Crippen LogP contribution is -2.29. The summed E-state index contributed by atoms with van der Waals surface area (Å²) in [6.45, 7) is 3.87. The van der Waals surface area contributed by atoms with E-state index >= 15 is 0 Å². The van der Waals surface area contributed by atoms with E-state index in [4.69, 9.17) is 11.6 Å². The highest BCUT2D eigenvalue weighted by atomic mass is 35.5. The Balaban J connectivity index is 1.37. The molecule has 10 nitrogen and oxygen atoms in total. The Kier molecular flexibility index (Phi) is 4.94. The Morgan fingerprint density at radius 2 is 2.06 bits per heavy atom. The maximum absolute atomic E-state index is 9.69. The van der Waals surface area contributed by atoms with E-state index in [9.17, 15) is 10.5 Å². The Hall–Kier alpha value is -3.60. The van der Waals surface area contributed by atoms with Crippen LogP contribution in [0, 0.1) is 28.1 Å². The number of anilines is 4. The number of nitrogens with zero attached hydrogens (tertiary/aromatic N) is 7. The molecule has 4 heterocycles. The first-order valence-electron chi connectivity index (χ1n) is 11.5. The van der Waals surface area contributed by atoms with Gasteiger partial charge in [-0.1, -0.05) is 11.6 Å². The fourth-order valence-corrected chi connectivity index (χ4v) is 5.19. The van der Waals surface area contributed by atoms with Crippen molar-refractivity contribution < 1.29 is 0 Å². The van der Waals surface area contributed by atoms with Gasteiger partial charge in [0.05, 0.1) is 34.2 Å². The van der Waals surface area contributed by atoms with Crippen molar-refractivity contribution in [2.75, 3.05) is 41.7 Å². The molecular formula is C23H23ClN10. The SMILES string of the molecule is N#Cc1cc(Nc2nc(NC3CC3)n3ncc(C#N)c3n2)c(Cl)c(N2CCC3(CCNC3)C2)c1. The van der Waals surface area contributed by atoms with Gasteiger partial charge in [-0.05, 0) is 44.4 Å². The number of hydrogen-bond donors (Lipinski definition) is 3. The Morgan fingerprint density at radius 3 is 2.79 bits per heavy atom.